The quantitative estimate of drug-likeness (QED) is 0.576. The normalized spacial score (nSPS) is 11.0. The van der Waals surface area contributed by atoms with Crippen molar-refractivity contribution in [2.45, 2.75) is 26.3 Å². The SMILES string of the molecule is CC(C)(C)NC(=O)CNC(=O)c1[nH]ncc1N. The van der Waals surface area contributed by atoms with Crippen molar-refractivity contribution < 1.29 is 9.59 Å². The van der Waals surface area contributed by atoms with Gasteiger partial charge in [-0.15, -0.1) is 0 Å². The summed E-state index contributed by atoms with van der Waals surface area (Å²) in [6.07, 6.45) is 1.34. The Kier molecular flexibility index (Phi) is 3.72. The number of aromatic nitrogens is 2. The van der Waals surface area contributed by atoms with E-state index in [1.165, 1.54) is 6.20 Å². The van der Waals surface area contributed by atoms with Crippen molar-refractivity contribution in [3.8, 4) is 0 Å². The number of aromatic amines is 1. The Labute approximate surface area is 99.1 Å². The van der Waals surface area contributed by atoms with E-state index in [0.717, 1.165) is 0 Å². The first-order valence-electron chi connectivity index (χ1n) is 5.17. The molecule has 94 valence electrons. The number of rotatable bonds is 3. The van der Waals surface area contributed by atoms with Crippen LogP contribution in [0.5, 0.6) is 0 Å². The van der Waals surface area contributed by atoms with E-state index in [1.807, 2.05) is 20.8 Å². The van der Waals surface area contributed by atoms with Crippen molar-refractivity contribution in [1.82, 2.24) is 20.8 Å². The van der Waals surface area contributed by atoms with Crippen LogP contribution >= 0.6 is 0 Å². The summed E-state index contributed by atoms with van der Waals surface area (Å²) in [5.74, 6) is -0.715. The van der Waals surface area contributed by atoms with Gasteiger partial charge in [-0.05, 0) is 20.8 Å². The summed E-state index contributed by atoms with van der Waals surface area (Å²) in [6.45, 7) is 5.48. The standard InChI is InChI=1S/C10H17N5O2/c1-10(2,3)14-7(16)5-12-9(17)8-6(11)4-13-15-8/h4H,5,11H2,1-3H3,(H,12,17)(H,13,15)(H,14,16). The van der Waals surface area contributed by atoms with Gasteiger partial charge in [0.05, 0.1) is 18.4 Å². The van der Waals surface area contributed by atoms with Crippen LogP contribution in [-0.2, 0) is 4.79 Å². The Balaban J connectivity index is 2.45. The molecule has 1 aromatic rings. The lowest BCUT2D eigenvalue weighted by Crippen LogP contribution is -2.45. The third-order valence-electron chi connectivity index (χ3n) is 1.82. The Morgan fingerprint density at radius 1 is 1.47 bits per heavy atom. The van der Waals surface area contributed by atoms with E-state index in [4.69, 9.17) is 5.73 Å². The third kappa shape index (κ3) is 4.13. The van der Waals surface area contributed by atoms with Crippen LogP contribution in [-0.4, -0.2) is 34.1 Å². The van der Waals surface area contributed by atoms with Crippen LogP contribution in [0.15, 0.2) is 6.20 Å². The van der Waals surface area contributed by atoms with Gasteiger partial charge in [0.1, 0.15) is 5.69 Å². The number of nitrogens with zero attached hydrogens (tertiary/aromatic N) is 1. The smallest absolute Gasteiger partial charge is 0.271 e. The van der Waals surface area contributed by atoms with Gasteiger partial charge in [-0.3, -0.25) is 14.7 Å². The molecule has 7 nitrogen and oxygen atoms in total. The second kappa shape index (κ2) is 4.86. The molecule has 2 amide bonds. The lowest BCUT2D eigenvalue weighted by Gasteiger charge is -2.20. The molecule has 0 unspecified atom stereocenters. The average molecular weight is 239 g/mol. The molecule has 0 aliphatic carbocycles. The summed E-state index contributed by atoms with van der Waals surface area (Å²) >= 11 is 0. The monoisotopic (exact) mass is 239 g/mol. The predicted molar refractivity (Wildman–Crippen MR) is 63.2 cm³/mol. The molecule has 0 bridgehead atoms. The molecule has 5 N–H and O–H groups in total. The highest BCUT2D eigenvalue weighted by atomic mass is 16.2. The minimum absolute atomic E-state index is 0.103. The van der Waals surface area contributed by atoms with Crippen LogP contribution in [0.2, 0.25) is 0 Å². The fourth-order valence-electron chi connectivity index (χ4n) is 1.19. The van der Waals surface area contributed by atoms with Gasteiger partial charge in [-0.25, -0.2) is 0 Å². The van der Waals surface area contributed by atoms with Crippen molar-refractivity contribution >= 4 is 17.5 Å². The molecule has 7 heteroatoms. The van der Waals surface area contributed by atoms with Crippen LogP contribution < -0.4 is 16.4 Å². The third-order valence-corrected chi connectivity index (χ3v) is 1.82. The van der Waals surface area contributed by atoms with E-state index in [-0.39, 0.29) is 29.4 Å². The summed E-state index contributed by atoms with van der Waals surface area (Å²) in [4.78, 5) is 23.0. The molecule has 17 heavy (non-hydrogen) atoms. The molecule has 0 atom stereocenters. The number of amides is 2. The average Bonchev–Trinajstić information content (AvgIpc) is 2.58. The number of nitrogens with two attached hydrogens (primary N) is 1. The molecule has 1 heterocycles. The fourth-order valence-corrected chi connectivity index (χ4v) is 1.19. The van der Waals surface area contributed by atoms with Gasteiger partial charge in [0.25, 0.3) is 5.91 Å². The van der Waals surface area contributed by atoms with Crippen LogP contribution in [0.4, 0.5) is 5.69 Å². The van der Waals surface area contributed by atoms with Crippen LogP contribution in [0, 0.1) is 0 Å². The number of H-pyrrole nitrogens is 1. The van der Waals surface area contributed by atoms with E-state index in [2.05, 4.69) is 20.8 Å². The zero-order valence-corrected chi connectivity index (χ0v) is 10.1. The molecule has 0 saturated heterocycles. The summed E-state index contributed by atoms with van der Waals surface area (Å²) < 4.78 is 0. The van der Waals surface area contributed by atoms with Crippen molar-refractivity contribution in [3.63, 3.8) is 0 Å². The van der Waals surface area contributed by atoms with Gasteiger partial charge in [-0.1, -0.05) is 0 Å². The molecule has 1 aromatic heterocycles. The first-order valence-corrected chi connectivity index (χ1v) is 5.17. The Morgan fingerprint density at radius 3 is 2.59 bits per heavy atom. The van der Waals surface area contributed by atoms with Crippen molar-refractivity contribution in [2.75, 3.05) is 12.3 Å². The second-order valence-corrected chi connectivity index (χ2v) is 4.68. The fraction of sp³-hybridized carbons (Fsp3) is 0.500. The maximum Gasteiger partial charge on any atom is 0.271 e. The summed E-state index contributed by atoms with van der Waals surface area (Å²) in [5, 5.41) is 11.2. The number of carbonyl (C=O) groups is 2. The lowest BCUT2D eigenvalue weighted by atomic mass is 10.1. The predicted octanol–water partition coefficient (Wildman–Crippen LogP) is -0.364. The number of nitrogens with one attached hydrogen (secondary N) is 3. The maximum atomic E-state index is 11.6. The van der Waals surface area contributed by atoms with Crippen LogP contribution in [0.25, 0.3) is 0 Å². The Bertz CT molecular complexity index is 419. The zero-order chi connectivity index (χ0) is 13.1. The van der Waals surface area contributed by atoms with Crippen molar-refractivity contribution in [1.29, 1.82) is 0 Å². The van der Waals surface area contributed by atoms with Crippen LogP contribution in [0.3, 0.4) is 0 Å². The van der Waals surface area contributed by atoms with E-state index >= 15 is 0 Å². The molecular weight excluding hydrogens is 222 g/mol. The topological polar surface area (TPSA) is 113 Å². The van der Waals surface area contributed by atoms with Gasteiger partial charge in [-0.2, -0.15) is 5.10 Å². The van der Waals surface area contributed by atoms with Crippen LogP contribution in [0.1, 0.15) is 31.3 Å². The van der Waals surface area contributed by atoms with Gasteiger partial charge in [0.2, 0.25) is 5.91 Å². The molecule has 0 spiro atoms. The zero-order valence-electron chi connectivity index (χ0n) is 10.1. The highest BCUT2D eigenvalue weighted by Crippen LogP contribution is 2.04. The molecule has 0 fully saturated rings. The minimum Gasteiger partial charge on any atom is -0.396 e. The Hall–Kier alpha value is -2.05. The summed E-state index contributed by atoms with van der Waals surface area (Å²) in [5.41, 5.74) is 5.58. The molecule has 0 radical (unpaired) electrons. The van der Waals surface area contributed by atoms with Crippen molar-refractivity contribution in [2.24, 2.45) is 0 Å². The van der Waals surface area contributed by atoms with E-state index < -0.39 is 5.91 Å². The van der Waals surface area contributed by atoms with Gasteiger partial charge < -0.3 is 16.4 Å². The van der Waals surface area contributed by atoms with E-state index in [1.54, 1.807) is 0 Å². The van der Waals surface area contributed by atoms with E-state index in [9.17, 15) is 9.59 Å². The lowest BCUT2D eigenvalue weighted by molar-refractivity contribution is -0.121. The van der Waals surface area contributed by atoms with Gasteiger partial charge in [0, 0.05) is 5.54 Å². The first-order chi connectivity index (χ1) is 7.79. The number of hydrogen-bond donors (Lipinski definition) is 4. The minimum atomic E-state index is -0.455. The summed E-state index contributed by atoms with van der Waals surface area (Å²) in [7, 11) is 0. The number of carbonyl (C=O) groups excluding carboxylic acids is 2. The number of nitrogen functional groups attached to an aromatic ring is 1. The molecule has 0 aromatic carbocycles. The number of hydrogen-bond acceptors (Lipinski definition) is 4. The second-order valence-electron chi connectivity index (χ2n) is 4.68. The molecular formula is C10H17N5O2. The highest BCUT2D eigenvalue weighted by molar-refractivity contribution is 5.98. The number of anilines is 1. The first kappa shape index (κ1) is 13.0. The molecule has 0 saturated carbocycles. The highest BCUT2D eigenvalue weighted by Gasteiger charge is 2.16. The summed E-state index contributed by atoms with van der Waals surface area (Å²) in [6, 6.07) is 0. The molecule has 1 rings (SSSR count). The van der Waals surface area contributed by atoms with Gasteiger partial charge in [0.15, 0.2) is 0 Å². The molecule has 0 aliphatic heterocycles. The largest absolute Gasteiger partial charge is 0.396 e. The van der Waals surface area contributed by atoms with Crippen molar-refractivity contribution in [3.05, 3.63) is 11.9 Å². The van der Waals surface area contributed by atoms with Gasteiger partial charge >= 0.3 is 0 Å². The van der Waals surface area contributed by atoms with E-state index in [0.29, 0.717) is 0 Å². The maximum absolute atomic E-state index is 11.6. The Morgan fingerprint density at radius 2 is 2.12 bits per heavy atom. The molecule has 0 aliphatic rings.